The van der Waals surface area contributed by atoms with E-state index in [-0.39, 0.29) is 0 Å². The van der Waals surface area contributed by atoms with Crippen LogP contribution in [-0.4, -0.2) is 4.57 Å². The molecule has 0 saturated heterocycles. The molecule has 0 fully saturated rings. The quantitative estimate of drug-likeness (QED) is 0.510. The summed E-state index contributed by atoms with van der Waals surface area (Å²) in [4.78, 5) is 0. The highest BCUT2D eigenvalue weighted by atomic mass is 15.0. The first-order valence-corrected chi connectivity index (χ1v) is 8.20. The Hall–Kier alpha value is -3.05. The molecule has 2 heteroatoms. The van der Waals surface area contributed by atoms with Gasteiger partial charge in [0.1, 0.15) is 0 Å². The van der Waals surface area contributed by atoms with Gasteiger partial charge in [-0.3, -0.25) is 0 Å². The molecule has 0 aliphatic rings. The predicted octanol–water partition coefficient (Wildman–Crippen LogP) is 5.22. The van der Waals surface area contributed by atoms with Crippen LogP contribution in [-0.2, 0) is 13.0 Å². The van der Waals surface area contributed by atoms with Gasteiger partial charge in [0, 0.05) is 22.8 Å². The lowest BCUT2D eigenvalue weighted by molar-refractivity contribution is 0.865. The molecule has 24 heavy (non-hydrogen) atoms. The summed E-state index contributed by atoms with van der Waals surface area (Å²) in [6.07, 6.45) is 0.453. The van der Waals surface area contributed by atoms with Crippen LogP contribution in [0.3, 0.4) is 0 Å². The van der Waals surface area contributed by atoms with Crippen LogP contribution < -0.4 is 0 Å². The van der Waals surface area contributed by atoms with Crippen LogP contribution in [0.4, 0.5) is 0 Å². The zero-order valence-electron chi connectivity index (χ0n) is 13.7. The highest BCUT2D eigenvalue weighted by Crippen LogP contribution is 2.33. The average Bonchev–Trinajstić information content (AvgIpc) is 2.93. The number of benzene rings is 3. The van der Waals surface area contributed by atoms with Gasteiger partial charge in [-0.05, 0) is 29.7 Å². The number of rotatable bonds is 3. The van der Waals surface area contributed by atoms with Crippen LogP contribution in [0.25, 0.3) is 21.8 Å². The molecule has 0 saturated carbocycles. The van der Waals surface area contributed by atoms with E-state index in [0.29, 0.717) is 6.42 Å². The topological polar surface area (TPSA) is 28.7 Å². The number of aromatic nitrogens is 1. The molecule has 0 spiro atoms. The minimum atomic E-state index is 0.453. The van der Waals surface area contributed by atoms with Crippen molar-refractivity contribution in [2.24, 2.45) is 0 Å². The number of nitriles is 1. The summed E-state index contributed by atoms with van der Waals surface area (Å²) in [6.45, 7) is 2.97. The van der Waals surface area contributed by atoms with Gasteiger partial charge >= 0.3 is 0 Å². The minimum absolute atomic E-state index is 0.453. The van der Waals surface area contributed by atoms with Crippen molar-refractivity contribution in [1.29, 1.82) is 5.26 Å². The first kappa shape index (κ1) is 14.5. The normalized spacial score (nSPS) is 11.0. The molecule has 0 aliphatic heterocycles. The van der Waals surface area contributed by atoms with Crippen molar-refractivity contribution in [3.05, 3.63) is 83.4 Å². The smallest absolute Gasteiger partial charge is 0.0669 e. The van der Waals surface area contributed by atoms with Gasteiger partial charge in [0.05, 0.1) is 18.0 Å². The highest BCUT2D eigenvalue weighted by Gasteiger charge is 2.14. The molecule has 1 heterocycles. The lowest BCUT2D eigenvalue weighted by Crippen LogP contribution is -2.01. The molecule has 0 aliphatic carbocycles. The van der Waals surface area contributed by atoms with E-state index in [2.05, 4.69) is 78.2 Å². The summed E-state index contributed by atoms with van der Waals surface area (Å²) in [5, 5.41) is 11.6. The van der Waals surface area contributed by atoms with Crippen molar-refractivity contribution in [3.63, 3.8) is 0 Å². The fourth-order valence-electron chi connectivity index (χ4n) is 3.57. The summed E-state index contributed by atoms with van der Waals surface area (Å²) in [5.41, 5.74) is 6.09. The first-order valence-electron chi connectivity index (χ1n) is 8.20. The number of hydrogen-bond acceptors (Lipinski definition) is 1. The second kappa shape index (κ2) is 5.86. The van der Waals surface area contributed by atoms with Gasteiger partial charge in [-0.1, -0.05) is 60.7 Å². The molecule has 0 N–H and O–H groups in total. The largest absolute Gasteiger partial charge is 0.336 e. The van der Waals surface area contributed by atoms with Gasteiger partial charge in [-0.2, -0.15) is 5.26 Å². The first-order chi connectivity index (χ1) is 11.8. The van der Waals surface area contributed by atoms with E-state index in [9.17, 15) is 0 Å². The Labute approximate surface area is 141 Å². The molecule has 0 unspecified atom stereocenters. The summed E-state index contributed by atoms with van der Waals surface area (Å²) in [6, 6.07) is 25.6. The van der Waals surface area contributed by atoms with Crippen LogP contribution in [0.5, 0.6) is 0 Å². The molecule has 0 amide bonds. The average molecular weight is 310 g/mol. The van der Waals surface area contributed by atoms with E-state index in [1.807, 2.05) is 6.07 Å². The number of para-hydroxylation sites is 1. The van der Waals surface area contributed by atoms with E-state index in [4.69, 9.17) is 5.26 Å². The lowest BCUT2D eigenvalue weighted by Gasteiger charge is -2.11. The Bertz CT molecular complexity index is 1070. The number of nitrogens with zero attached hydrogens (tertiary/aromatic N) is 2. The van der Waals surface area contributed by atoms with Crippen LogP contribution in [0, 0.1) is 18.3 Å². The molecule has 0 bridgehead atoms. The van der Waals surface area contributed by atoms with Gasteiger partial charge < -0.3 is 4.57 Å². The molecule has 4 rings (SSSR count). The third-order valence-electron chi connectivity index (χ3n) is 4.75. The summed E-state index contributed by atoms with van der Waals surface area (Å²) in [5.74, 6) is 0. The van der Waals surface area contributed by atoms with Crippen molar-refractivity contribution >= 4 is 21.8 Å². The SMILES string of the molecule is Cc1c(CC#N)ccc2c3ccccc3n(Cc3ccccc3)c12. The monoisotopic (exact) mass is 310 g/mol. The fourth-order valence-corrected chi connectivity index (χ4v) is 3.57. The Balaban J connectivity index is 2.04. The standard InChI is InChI=1S/C22H18N2/c1-16-18(13-14-23)11-12-20-19-9-5-6-10-21(19)24(22(16)20)15-17-7-3-2-4-8-17/h2-12H,13,15H2,1H3. The third kappa shape index (κ3) is 2.26. The van der Waals surface area contributed by atoms with E-state index < -0.39 is 0 Å². The minimum Gasteiger partial charge on any atom is -0.336 e. The Morgan fingerprint density at radius 3 is 2.42 bits per heavy atom. The van der Waals surface area contributed by atoms with Crippen molar-refractivity contribution in [2.75, 3.05) is 0 Å². The van der Waals surface area contributed by atoms with Gasteiger partial charge in [0.15, 0.2) is 0 Å². The summed E-state index contributed by atoms with van der Waals surface area (Å²) >= 11 is 0. The van der Waals surface area contributed by atoms with Gasteiger partial charge in [0.2, 0.25) is 0 Å². The van der Waals surface area contributed by atoms with E-state index in [0.717, 1.165) is 12.1 Å². The summed E-state index contributed by atoms with van der Waals surface area (Å²) in [7, 11) is 0. The maximum Gasteiger partial charge on any atom is 0.0669 e. The zero-order valence-corrected chi connectivity index (χ0v) is 13.7. The number of aryl methyl sites for hydroxylation is 1. The molecule has 1 aromatic heterocycles. The molecule has 0 radical (unpaired) electrons. The maximum absolute atomic E-state index is 9.10. The molecule has 2 nitrogen and oxygen atoms in total. The van der Waals surface area contributed by atoms with Crippen LogP contribution in [0.15, 0.2) is 66.7 Å². The number of fused-ring (bicyclic) bond motifs is 3. The van der Waals surface area contributed by atoms with Crippen LogP contribution in [0.2, 0.25) is 0 Å². The highest BCUT2D eigenvalue weighted by molar-refractivity contribution is 6.09. The summed E-state index contributed by atoms with van der Waals surface area (Å²) < 4.78 is 2.39. The van der Waals surface area contributed by atoms with Crippen molar-refractivity contribution in [2.45, 2.75) is 19.9 Å². The third-order valence-corrected chi connectivity index (χ3v) is 4.75. The fraction of sp³-hybridized carbons (Fsp3) is 0.136. The molecular weight excluding hydrogens is 292 g/mol. The van der Waals surface area contributed by atoms with E-state index in [1.54, 1.807) is 0 Å². The van der Waals surface area contributed by atoms with E-state index >= 15 is 0 Å². The lowest BCUT2D eigenvalue weighted by atomic mass is 10.0. The van der Waals surface area contributed by atoms with Gasteiger partial charge in [-0.25, -0.2) is 0 Å². The van der Waals surface area contributed by atoms with Crippen molar-refractivity contribution in [3.8, 4) is 6.07 Å². The van der Waals surface area contributed by atoms with Crippen molar-refractivity contribution < 1.29 is 0 Å². The van der Waals surface area contributed by atoms with Gasteiger partial charge in [0.25, 0.3) is 0 Å². The second-order valence-corrected chi connectivity index (χ2v) is 6.17. The Kier molecular flexibility index (Phi) is 3.55. The molecule has 0 atom stereocenters. The number of hydrogen-bond donors (Lipinski definition) is 0. The van der Waals surface area contributed by atoms with Crippen LogP contribution in [0.1, 0.15) is 16.7 Å². The molecule has 4 aromatic rings. The van der Waals surface area contributed by atoms with E-state index in [1.165, 1.54) is 32.9 Å². The molecular formula is C22H18N2. The van der Waals surface area contributed by atoms with Gasteiger partial charge in [-0.15, -0.1) is 0 Å². The Morgan fingerprint density at radius 2 is 1.62 bits per heavy atom. The zero-order chi connectivity index (χ0) is 16.5. The maximum atomic E-state index is 9.10. The van der Waals surface area contributed by atoms with Crippen LogP contribution >= 0.6 is 0 Å². The van der Waals surface area contributed by atoms with Crippen molar-refractivity contribution in [1.82, 2.24) is 4.57 Å². The second-order valence-electron chi connectivity index (χ2n) is 6.17. The molecule has 3 aromatic carbocycles. The predicted molar refractivity (Wildman–Crippen MR) is 99.0 cm³/mol. The Morgan fingerprint density at radius 1 is 0.875 bits per heavy atom. The molecule has 116 valence electrons.